The Morgan fingerprint density at radius 1 is 1.15 bits per heavy atom. The van der Waals surface area contributed by atoms with Gasteiger partial charge in [-0.25, -0.2) is 17.7 Å². The van der Waals surface area contributed by atoms with Crippen molar-refractivity contribution in [1.29, 1.82) is 0 Å². The highest BCUT2D eigenvalue weighted by Crippen LogP contribution is 2.25. The number of sulfonamides is 1. The summed E-state index contributed by atoms with van der Waals surface area (Å²) in [6.45, 7) is 2.24. The van der Waals surface area contributed by atoms with Crippen LogP contribution < -0.4 is 5.32 Å². The van der Waals surface area contributed by atoms with Gasteiger partial charge >= 0.3 is 0 Å². The number of nitrogens with one attached hydrogen (secondary N) is 1. The van der Waals surface area contributed by atoms with Crippen LogP contribution in [0.1, 0.15) is 11.5 Å². The summed E-state index contributed by atoms with van der Waals surface area (Å²) in [6, 6.07) is 12.3. The van der Waals surface area contributed by atoms with Crippen molar-refractivity contribution in [2.75, 3.05) is 19.4 Å². The maximum Gasteiger partial charge on any atom is 0.242 e. The summed E-state index contributed by atoms with van der Waals surface area (Å²) in [4.78, 5) is 4.50. The van der Waals surface area contributed by atoms with Crippen LogP contribution in [0.25, 0.3) is 11.3 Å². The molecular weight excluding hydrogens is 386 g/mol. The van der Waals surface area contributed by atoms with Crippen molar-refractivity contribution in [3.05, 3.63) is 65.1 Å². The number of hydrogen-bond acceptors (Lipinski definition) is 5. The quantitative estimate of drug-likeness (QED) is 0.666. The summed E-state index contributed by atoms with van der Waals surface area (Å²) in [7, 11) is -0.476. The normalized spacial score (nSPS) is 11.7. The molecule has 3 aromatic rings. The molecule has 0 aliphatic heterocycles. The summed E-state index contributed by atoms with van der Waals surface area (Å²) < 4.78 is 31.6. The first-order valence-electron chi connectivity index (χ1n) is 8.25. The van der Waals surface area contributed by atoms with E-state index in [1.807, 2.05) is 19.1 Å². The molecule has 0 unspecified atom stereocenters. The van der Waals surface area contributed by atoms with E-state index in [0.29, 0.717) is 28.9 Å². The molecule has 0 amide bonds. The van der Waals surface area contributed by atoms with Gasteiger partial charge in [0, 0.05) is 30.4 Å². The van der Waals surface area contributed by atoms with Crippen molar-refractivity contribution < 1.29 is 12.8 Å². The topological polar surface area (TPSA) is 75.4 Å². The van der Waals surface area contributed by atoms with Crippen LogP contribution in [0.4, 0.5) is 5.69 Å². The average Bonchev–Trinajstić information content (AvgIpc) is 3.10. The van der Waals surface area contributed by atoms with E-state index in [2.05, 4.69) is 10.3 Å². The monoisotopic (exact) mass is 405 g/mol. The smallest absolute Gasteiger partial charge is 0.242 e. The van der Waals surface area contributed by atoms with Gasteiger partial charge in [0.2, 0.25) is 15.9 Å². The molecular formula is C19H20ClN3O3S. The SMILES string of the molecule is Cc1ccc(S(=O)(=O)N(C)C)cc1NCc1ncc(-c2ccc(Cl)cc2)o1. The van der Waals surface area contributed by atoms with Crippen LogP contribution in [0, 0.1) is 6.92 Å². The largest absolute Gasteiger partial charge is 0.439 e. The van der Waals surface area contributed by atoms with Gasteiger partial charge < -0.3 is 9.73 Å². The van der Waals surface area contributed by atoms with Gasteiger partial charge in [0.05, 0.1) is 17.6 Å². The van der Waals surface area contributed by atoms with Crippen LogP contribution in [-0.2, 0) is 16.6 Å². The predicted molar refractivity (Wildman–Crippen MR) is 106 cm³/mol. The number of aromatic nitrogens is 1. The van der Waals surface area contributed by atoms with Crippen LogP contribution in [0.5, 0.6) is 0 Å². The highest BCUT2D eigenvalue weighted by Gasteiger charge is 2.18. The van der Waals surface area contributed by atoms with E-state index in [0.717, 1.165) is 11.1 Å². The molecule has 0 aliphatic carbocycles. The Kier molecular flexibility index (Phi) is 5.55. The van der Waals surface area contributed by atoms with Crippen molar-refractivity contribution in [2.24, 2.45) is 0 Å². The summed E-state index contributed by atoms with van der Waals surface area (Å²) in [5.74, 6) is 1.14. The molecule has 27 heavy (non-hydrogen) atoms. The van der Waals surface area contributed by atoms with Crippen LogP contribution in [0.15, 0.2) is 58.0 Å². The number of nitrogens with zero attached hydrogens (tertiary/aromatic N) is 2. The Balaban J connectivity index is 1.76. The van der Waals surface area contributed by atoms with Gasteiger partial charge in [0.15, 0.2) is 5.76 Å². The molecule has 0 spiro atoms. The first-order valence-corrected chi connectivity index (χ1v) is 10.1. The molecule has 0 radical (unpaired) electrons. The number of rotatable bonds is 6. The number of hydrogen-bond donors (Lipinski definition) is 1. The summed E-state index contributed by atoms with van der Waals surface area (Å²) in [5, 5.41) is 3.85. The lowest BCUT2D eigenvalue weighted by molar-refractivity contribution is 0.516. The number of oxazole rings is 1. The third-order valence-electron chi connectivity index (χ3n) is 4.10. The van der Waals surface area contributed by atoms with Crippen LogP contribution in [0.2, 0.25) is 5.02 Å². The van der Waals surface area contributed by atoms with Crippen molar-refractivity contribution in [2.45, 2.75) is 18.4 Å². The summed E-state index contributed by atoms with van der Waals surface area (Å²) in [5.41, 5.74) is 2.52. The Morgan fingerprint density at radius 2 is 1.85 bits per heavy atom. The predicted octanol–water partition coefficient (Wildman–Crippen LogP) is 4.17. The first kappa shape index (κ1) is 19.4. The fourth-order valence-corrected chi connectivity index (χ4v) is 3.53. The molecule has 1 aromatic heterocycles. The number of halogens is 1. The van der Waals surface area contributed by atoms with Crippen LogP contribution in [-0.4, -0.2) is 31.8 Å². The van der Waals surface area contributed by atoms with Gasteiger partial charge in [-0.05, 0) is 48.9 Å². The minimum atomic E-state index is -3.49. The van der Waals surface area contributed by atoms with E-state index in [1.165, 1.54) is 18.4 Å². The number of anilines is 1. The second-order valence-electron chi connectivity index (χ2n) is 6.24. The highest BCUT2D eigenvalue weighted by atomic mass is 35.5. The minimum Gasteiger partial charge on any atom is -0.439 e. The Hall–Kier alpha value is -2.35. The van der Waals surface area contributed by atoms with Crippen LogP contribution >= 0.6 is 11.6 Å². The van der Waals surface area contributed by atoms with E-state index in [9.17, 15) is 8.42 Å². The van der Waals surface area contributed by atoms with Crippen molar-refractivity contribution in [1.82, 2.24) is 9.29 Å². The second-order valence-corrected chi connectivity index (χ2v) is 8.83. The Labute approximate surface area is 163 Å². The molecule has 0 aliphatic rings. The zero-order valence-corrected chi connectivity index (χ0v) is 16.8. The maximum absolute atomic E-state index is 12.3. The van der Waals surface area contributed by atoms with Gasteiger partial charge in [-0.2, -0.15) is 0 Å². The van der Waals surface area contributed by atoms with E-state index in [-0.39, 0.29) is 4.90 Å². The van der Waals surface area contributed by atoms with Gasteiger partial charge in [-0.15, -0.1) is 0 Å². The Morgan fingerprint density at radius 3 is 2.52 bits per heavy atom. The van der Waals surface area contributed by atoms with E-state index >= 15 is 0 Å². The zero-order valence-electron chi connectivity index (χ0n) is 15.2. The lowest BCUT2D eigenvalue weighted by atomic mass is 10.2. The number of aryl methyl sites for hydroxylation is 1. The van der Waals surface area contributed by atoms with Gasteiger partial charge in [0.25, 0.3) is 0 Å². The fraction of sp³-hybridized carbons (Fsp3) is 0.211. The minimum absolute atomic E-state index is 0.231. The number of benzene rings is 2. The van der Waals surface area contributed by atoms with Crippen molar-refractivity contribution in [3.8, 4) is 11.3 Å². The molecule has 0 saturated heterocycles. The van der Waals surface area contributed by atoms with E-state index < -0.39 is 10.0 Å². The second kappa shape index (κ2) is 7.72. The highest BCUT2D eigenvalue weighted by molar-refractivity contribution is 7.89. The fourth-order valence-electron chi connectivity index (χ4n) is 2.47. The third kappa shape index (κ3) is 4.32. The van der Waals surface area contributed by atoms with Gasteiger partial charge in [-0.1, -0.05) is 17.7 Å². The van der Waals surface area contributed by atoms with Crippen LogP contribution in [0.3, 0.4) is 0 Å². The Bertz CT molecular complexity index is 1040. The molecule has 0 saturated carbocycles. The van der Waals surface area contributed by atoms with E-state index in [4.69, 9.17) is 16.0 Å². The van der Waals surface area contributed by atoms with Crippen molar-refractivity contribution >= 4 is 27.3 Å². The molecule has 0 atom stereocenters. The average molecular weight is 406 g/mol. The molecule has 2 aromatic carbocycles. The molecule has 6 nitrogen and oxygen atoms in total. The summed E-state index contributed by atoms with van der Waals surface area (Å²) in [6.07, 6.45) is 1.65. The molecule has 1 N–H and O–H groups in total. The zero-order chi connectivity index (χ0) is 19.6. The molecule has 1 heterocycles. The first-order chi connectivity index (χ1) is 12.8. The maximum atomic E-state index is 12.3. The molecule has 142 valence electrons. The molecule has 3 rings (SSSR count). The lowest BCUT2D eigenvalue weighted by Gasteiger charge is -2.14. The molecule has 0 fully saturated rings. The third-order valence-corrected chi connectivity index (χ3v) is 6.16. The molecule has 8 heteroatoms. The van der Waals surface area contributed by atoms with E-state index in [1.54, 1.807) is 36.5 Å². The van der Waals surface area contributed by atoms with Gasteiger partial charge in [-0.3, -0.25) is 0 Å². The standard InChI is InChI=1S/C19H20ClN3O3S/c1-13-4-9-16(27(24,25)23(2)3)10-17(13)21-12-19-22-11-18(26-19)14-5-7-15(20)8-6-14/h4-11,21H,12H2,1-3H3. The van der Waals surface area contributed by atoms with Crippen molar-refractivity contribution in [3.63, 3.8) is 0 Å². The lowest BCUT2D eigenvalue weighted by Crippen LogP contribution is -2.22. The molecule has 0 bridgehead atoms. The summed E-state index contributed by atoms with van der Waals surface area (Å²) >= 11 is 5.90. The van der Waals surface area contributed by atoms with Gasteiger partial charge in [0.1, 0.15) is 0 Å².